The molecule has 1 N–H and O–H groups in total. The zero-order chi connectivity index (χ0) is 12.8. The second-order valence-corrected chi connectivity index (χ2v) is 3.82. The number of rotatable bonds is 6. The van der Waals surface area contributed by atoms with Crippen molar-refractivity contribution in [2.75, 3.05) is 18.5 Å². The van der Waals surface area contributed by atoms with Crippen molar-refractivity contribution in [3.05, 3.63) is 21.6 Å². The summed E-state index contributed by atoms with van der Waals surface area (Å²) in [7, 11) is 0. The molecule has 0 aliphatic heterocycles. The summed E-state index contributed by atoms with van der Waals surface area (Å²) < 4.78 is 5.29. The van der Waals surface area contributed by atoms with Gasteiger partial charge < -0.3 is 10.1 Å². The average molecular weight is 261 g/mol. The third-order valence-electron chi connectivity index (χ3n) is 1.81. The Kier molecular flexibility index (Phi) is 5.05. The molecule has 0 spiro atoms. The predicted octanol–water partition coefficient (Wildman–Crippen LogP) is 1.88. The highest BCUT2D eigenvalue weighted by molar-refractivity contribution is 6.31. The second kappa shape index (κ2) is 6.31. The molecule has 0 aliphatic rings. The Morgan fingerprint density at radius 3 is 2.88 bits per heavy atom. The first-order chi connectivity index (χ1) is 8.02. The molecular weight excluding hydrogens is 248 g/mol. The van der Waals surface area contributed by atoms with E-state index in [1.807, 2.05) is 13.8 Å². The van der Waals surface area contributed by atoms with E-state index in [4.69, 9.17) is 16.3 Å². The lowest BCUT2D eigenvalue weighted by molar-refractivity contribution is -0.384. The molecule has 0 unspecified atom stereocenters. The zero-order valence-corrected chi connectivity index (χ0v) is 10.3. The number of aromatic nitrogens is 2. The Labute approximate surface area is 103 Å². The molecule has 1 aromatic heterocycles. The van der Waals surface area contributed by atoms with E-state index in [0.29, 0.717) is 13.2 Å². The van der Waals surface area contributed by atoms with Crippen LogP contribution >= 0.6 is 11.6 Å². The smallest absolute Gasteiger partial charge is 0.348 e. The van der Waals surface area contributed by atoms with Gasteiger partial charge in [-0.2, -0.15) is 0 Å². The molecule has 8 heteroatoms. The standard InChI is InChI=1S/C9H13ClN4O3/c1-6(2)17-4-3-11-9-7(14(15)16)8(10)12-5-13-9/h5-6H,3-4H2,1-2H3,(H,11,12,13). The molecule has 0 aliphatic carbocycles. The highest BCUT2D eigenvalue weighted by Gasteiger charge is 2.20. The van der Waals surface area contributed by atoms with E-state index in [-0.39, 0.29) is 22.8 Å². The SMILES string of the molecule is CC(C)OCCNc1ncnc(Cl)c1[N+](=O)[O-]. The van der Waals surface area contributed by atoms with Gasteiger partial charge in [-0.1, -0.05) is 11.6 Å². The molecule has 1 aromatic rings. The maximum absolute atomic E-state index is 10.8. The Bertz CT molecular complexity index is 400. The molecule has 7 nitrogen and oxygen atoms in total. The predicted molar refractivity (Wildman–Crippen MR) is 63.3 cm³/mol. The van der Waals surface area contributed by atoms with E-state index in [2.05, 4.69) is 15.3 Å². The van der Waals surface area contributed by atoms with Crippen molar-refractivity contribution < 1.29 is 9.66 Å². The van der Waals surface area contributed by atoms with Crippen LogP contribution in [0, 0.1) is 10.1 Å². The highest BCUT2D eigenvalue weighted by Crippen LogP contribution is 2.27. The normalized spacial score (nSPS) is 10.6. The van der Waals surface area contributed by atoms with Gasteiger partial charge in [-0.3, -0.25) is 10.1 Å². The maximum Gasteiger partial charge on any atom is 0.348 e. The molecular formula is C9H13ClN4O3. The van der Waals surface area contributed by atoms with E-state index in [0.717, 1.165) is 0 Å². The molecule has 0 radical (unpaired) electrons. The summed E-state index contributed by atoms with van der Waals surface area (Å²) in [6.07, 6.45) is 1.28. The Hall–Kier alpha value is -1.47. The first-order valence-corrected chi connectivity index (χ1v) is 5.40. The van der Waals surface area contributed by atoms with Crippen molar-refractivity contribution in [2.45, 2.75) is 20.0 Å². The van der Waals surface area contributed by atoms with Crippen LogP contribution in [0.1, 0.15) is 13.8 Å². The second-order valence-electron chi connectivity index (χ2n) is 3.47. The first kappa shape index (κ1) is 13.6. The van der Waals surface area contributed by atoms with Crippen LogP contribution in [0.2, 0.25) is 5.15 Å². The van der Waals surface area contributed by atoms with Gasteiger partial charge in [0, 0.05) is 6.54 Å². The largest absolute Gasteiger partial charge is 0.377 e. The molecule has 17 heavy (non-hydrogen) atoms. The van der Waals surface area contributed by atoms with Gasteiger partial charge in [-0.05, 0) is 13.8 Å². The summed E-state index contributed by atoms with van der Waals surface area (Å²) in [6, 6.07) is 0. The maximum atomic E-state index is 10.8. The summed E-state index contributed by atoms with van der Waals surface area (Å²) in [6.45, 7) is 4.65. The van der Waals surface area contributed by atoms with Gasteiger partial charge in [0.1, 0.15) is 6.33 Å². The van der Waals surface area contributed by atoms with Gasteiger partial charge in [-0.25, -0.2) is 9.97 Å². The van der Waals surface area contributed by atoms with E-state index in [9.17, 15) is 10.1 Å². The zero-order valence-electron chi connectivity index (χ0n) is 9.51. The van der Waals surface area contributed by atoms with Crippen LogP contribution in [0.5, 0.6) is 0 Å². The summed E-state index contributed by atoms with van der Waals surface area (Å²) in [5, 5.41) is 13.4. The van der Waals surface area contributed by atoms with Gasteiger partial charge in [0.25, 0.3) is 0 Å². The highest BCUT2D eigenvalue weighted by atomic mass is 35.5. The number of anilines is 1. The van der Waals surface area contributed by atoms with Crippen molar-refractivity contribution in [3.8, 4) is 0 Å². The number of nitrogens with one attached hydrogen (secondary N) is 1. The summed E-state index contributed by atoms with van der Waals surface area (Å²) in [5.74, 6) is 0.0994. The van der Waals surface area contributed by atoms with Crippen LogP contribution in [-0.2, 0) is 4.74 Å². The Morgan fingerprint density at radius 1 is 1.59 bits per heavy atom. The lowest BCUT2D eigenvalue weighted by atomic mass is 10.4. The van der Waals surface area contributed by atoms with E-state index < -0.39 is 4.92 Å². The fourth-order valence-electron chi connectivity index (χ4n) is 1.11. The molecule has 0 amide bonds. The van der Waals surface area contributed by atoms with Gasteiger partial charge in [0.05, 0.1) is 17.6 Å². The Morgan fingerprint density at radius 2 is 2.29 bits per heavy atom. The van der Waals surface area contributed by atoms with Crippen LogP contribution in [0.4, 0.5) is 11.5 Å². The molecule has 1 rings (SSSR count). The number of halogens is 1. The van der Waals surface area contributed by atoms with Crippen LogP contribution in [-0.4, -0.2) is 34.1 Å². The average Bonchev–Trinajstić information content (AvgIpc) is 2.23. The Balaban J connectivity index is 2.64. The monoisotopic (exact) mass is 260 g/mol. The van der Waals surface area contributed by atoms with Crippen molar-refractivity contribution in [3.63, 3.8) is 0 Å². The van der Waals surface area contributed by atoms with Crippen LogP contribution < -0.4 is 5.32 Å². The topological polar surface area (TPSA) is 90.2 Å². The third kappa shape index (κ3) is 4.12. The molecule has 1 heterocycles. The first-order valence-electron chi connectivity index (χ1n) is 5.02. The quantitative estimate of drug-likeness (QED) is 0.363. The van der Waals surface area contributed by atoms with Gasteiger partial charge in [0.2, 0.25) is 11.0 Å². The van der Waals surface area contributed by atoms with E-state index in [1.54, 1.807) is 0 Å². The van der Waals surface area contributed by atoms with Crippen molar-refractivity contribution in [1.82, 2.24) is 9.97 Å². The molecule has 0 atom stereocenters. The van der Waals surface area contributed by atoms with Gasteiger partial charge >= 0.3 is 5.69 Å². The van der Waals surface area contributed by atoms with Crippen molar-refractivity contribution in [1.29, 1.82) is 0 Å². The van der Waals surface area contributed by atoms with E-state index in [1.165, 1.54) is 6.33 Å². The minimum Gasteiger partial charge on any atom is -0.377 e. The lowest BCUT2D eigenvalue weighted by Gasteiger charge is -2.09. The number of nitrogens with zero attached hydrogens (tertiary/aromatic N) is 3. The minimum atomic E-state index is -0.617. The molecule has 0 fully saturated rings. The van der Waals surface area contributed by atoms with Gasteiger partial charge in [0.15, 0.2) is 0 Å². The summed E-state index contributed by atoms with van der Waals surface area (Å²) in [5.41, 5.74) is -0.321. The lowest BCUT2D eigenvalue weighted by Crippen LogP contribution is -2.15. The van der Waals surface area contributed by atoms with Crippen LogP contribution in [0.15, 0.2) is 6.33 Å². The molecule has 0 aromatic carbocycles. The fraction of sp³-hybridized carbons (Fsp3) is 0.556. The number of nitro groups is 1. The molecule has 0 saturated heterocycles. The number of hydrogen-bond donors (Lipinski definition) is 1. The van der Waals surface area contributed by atoms with Crippen LogP contribution in [0.25, 0.3) is 0 Å². The van der Waals surface area contributed by atoms with Crippen LogP contribution in [0.3, 0.4) is 0 Å². The molecule has 94 valence electrons. The van der Waals surface area contributed by atoms with E-state index >= 15 is 0 Å². The number of hydrogen-bond acceptors (Lipinski definition) is 6. The number of ether oxygens (including phenoxy) is 1. The fourth-order valence-corrected chi connectivity index (χ4v) is 1.31. The summed E-state index contributed by atoms with van der Waals surface area (Å²) >= 11 is 5.62. The van der Waals surface area contributed by atoms with Crippen molar-refractivity contribution in [2.24, 2.45) is 0 Å². The molecule has 0 bridgehead atoms. The minimum absolute atomic E-state index is 0.0994. The van der Waals surface area contributed by atoms with Crippen molar-refractivity contribution >= 4 is 23.1 Å². The third-order valence-corrected chi connectivity index (χ3v) is 2.08. The van der Waals surface area contributed by atoms with Gasteiger partial charge in [-0.15, -0.1) is 0 Å². The summed E-state index contributed by atoms with van der Waals surface area (Å²) in [4.78, 5) is 17.5. The molecule has 0 saturated carbocycles.